The third-order valence-electron chi connectivity index (χ3n) is 2.72. The minimum atomic E-state index is -0.427. The van der Waals surface area contributed by atoms with Crippen molar-refractivity contribution in [2.24, 2.45) is 7.05 Å². The number of aromatic nitrogens is 2. The number of amides is 1. The highest BCUT2D eigenvalue weighted by Crippen LogP contribution is 2.01. The Kier molecular flexibility index (Phi) is 4.94. The van der Waals surface area contributed by atoms with E-state index in [9.17, 15) is 4.79 Å². The molecule has 0 bridgehead atoms. The summed E-state index contributed by atoms with van der Waals surface area (Å²) >= 11 is 0. The predicted molar refractivity (Wildman–Crippen MR) is 76.9 cm³/mol. The quantitative estimate of drug-likeness (QED) is 0.908. The fraction of sp³-hybridized carbons (Fsp3) is 0.200. The van der Waals surface area contributed by atoms with Gasteiger partial charge in [0.1, 0.15) is 6.61 Å². The molecule has 1 heterocycles. The molecule has 5 nitrogen and oxygen atoms in total. The molecule has 0 atom stereocenters. The van der Waals surface area contributed by atoms with E-state index in [1.165, 1.54) is 0 Å². The van der Waals surface area contributed by atoms with Crippen LogP contribution in [0.3, 0.4) is 0 Å². The zero-order valence-corrected chi connectivity index (χ0v) is 11.3. The molecule has 0 radical (unpaired) electrons. The molecule has 0 fully saturated rings. The number of benzene rings is 1. The van der Waals surface area contributed by atoms with Gasteiger partial charge < -0.3 is 10.1 Å². The first-order valence-corrected chi connectivity index (χ1v) is 6.35. The number of nitrogens with one attached hydrogen (secondary N) is 1. The lowest BCUT2D eigenvalue weighted by molar-refractivity contribution is 0.141. The van der Waals surface area contributed by atoms with Crippen LogP contribution in [0.4, 0.5) is 4.79 Å². The molecule has 0 aliphatic heterocycles. The van der Waals surface area contributed by atoms with Crippen molar-refractivity contribution < 1.29 is 9.53 Å². The molecule has 0 saturated heterocycles. The summed E-state index contributed by atoms with van der Waals surface area (Å²) in [7, 11) is 1.86. The Labute approximate surface area is 117 Å². The monoisotopic (exact) mass is 271 g/mol. The van der Waals surface area contributed by atoms with Crippen molar-refractivity contribution in [1.29, 1.82) is 0 Å². The van der Waals surface area contributed by atoms with E-state index in [1.54, 1.807) is 10.9 Å². The maximum Gasteiger partial charge on any atom is 0.407 e. The van der Waals surface area contributed by atoms with Gasteiger partial charge in [-0.25, -0.2) is 4.79 Å². The number of rotatable bonds is 5. The highest BCUT2D eigenvalue weighted by Gasteiger charge is 2.00. The van der Waals surface area contributed by atoms with Gasteiger partial charge >= 0.3 is 6.09 Å². The Morgan fingerprint density at radius 1 is 1.35 bits per heavy atom. The normalized spacial score (nSPS) is 10.7. The zero-order valence-electron chi connectivity index (χ0n) is 11.3. The maximum absolute atomic E-state index is 11.5. The van der Waals surface area contributed by atoms with Crippen LogP contribution >= 0.6 is 0 Å². The van der Waals surface area contributed by atoms with Crippen LogP contribution in [0.25, 0.3) is 6.08 Å². The van der Waals surface area contributed by atoms with Gasteiger partial charge in [0, 0.05) is 19.8 Å². The molecule has 0 aliphatic carbocycles. The van der Waals surface area contributed by atoms with Gasteiger partial charge in [0.2, 0.25) is 0 Å². The third kappa shape index (κ3) is 4.28. The average Bonchev–Trinajstić information content (AvgIpc) is 2.88. The molecule has 1 N–H and O–H groups in total. The lowest BCUT2D eigenvalue weighted by Crippen LogP contribution is -2.24. The standard InChI is InChI=1S/C15H17N3O2/c1-18-14(9-11-17-18)8-5-10-16-15(19)20-12-13-6-3-2-4-7-13/h2-9,11H,10,12H2,1H3,(H,16,19). The van der Waals surface area contributed by atoms with Crippen LogP contribution in [0.2, 0.25) is 0 Å². The number of ether oxygens (including phenoxy) is 1. The lowest BCUT2D eigenvalue weighted by atomic mass is 10.2. The van der Waals surface area contributed by atoms with Crippen molar-refractivity contribution in [3.63, 3.8) is 0 Å². The summed E-state index contributed by atoms with van der Waals surface area (Å²) in [5.41, 5.74) is 1.94. The first kappa shape index (κ1) is 13.9. The molecule has 1 amide bonds. The second kappa shape index (κ2) is 7.13. The highest BCUT2D eigenvalue weighted by molar-refractivity contribution is 5.67. The molecule has 0 unspecified atom stereocenters. The van der Waals surface area contributed by atoms with Gasteiger partial charge in [0.25, 0.3) is 0 Å². The summed E-state index contributed by atoms with van der Waals surface area (Å²) in [6.45, 7) is 0.691. The molecule has 1 aromatic heterocycles. The van der Waals surface area contributed by atoms with Gasteiger partial charge in [-0.05, 0) is 17.7 Å². The fourth-order valence-electron chi connectivity index (χ4n) is 1.64. The number of carbonyl (C=O) groups excluding carboxylic acids is 1. The summed E-state index contributed by atoms with van der Waals surface area (Å²) in [6.07, 6.45) is 5.04. The van der Waals surface area contributed by atoms with Gasteiger partial charge in [-0.3, -0.25) is 4.68 Å². The van der Waals surface area contributed by atoms with Crippen molar-refractivity contribution >= 4 is 12.2 Å². The molecule has 0 spiro atoms. The number of hydrogen-bond donors (Lipinski definition) is 1. The molecule has 5 heteroatoms. The molecule has 1 aromatic carbocycles. The smallest absolute Gasteiger partial charge is 0.407 e. The largest absolute Gasteiger partial charge is 0.445 e. The summed E-state index contributed by atoms with van der Waals surface area (Å²) in [5, 5.41) is 6.70. The van der Waals surface area contributed by atoms with Crippen molar-refractivity contribution in [2.45, 2.75) is 6.61 Å². The van der Waals surface area contributed by atoms with E-state index in [2.05, 4.69) is 10.4 Å². The highest BCUT2D eigenvalue weighted by atomic mass is 16.5. The lowest BCUT2D eigenvalue weighted by Gasteiger charge is -2.05. The van der Waals surface area contributed by atoms with Crippen molar-refractivity contribution in [3.8, 4) is 0 Å². The van der Waals surface area contributed by atoms with E-state index >= 15 is 0 Å². The van der Waals surface area contributed by atoms with Crippen LogP contribution in [0.15, 0.2) is 48.7 Å². The van der Waals surface area contributed by atoms with Crippen molar-refractivity contribution in [1.82, 2.24) is 15.1 Å². The minimum absolute atomic E-state index is 0.276. The topological polar surface area (TPSA) is 56.2 Å². The maximum atomic E-state index is 11.5. The Bertz CT molecular complexity index is 576. The van der Waals surface area contributed by atoms with Crippen LogP contribution < -0.4 is 5.32 Å². The number of carbonyl (C=O) groups is 1. The summed E-state index contributed by atoms with van der Waals surface area (Å²) in [4.78, 5) is 11.5. The van der Waals surface area contributed by atoms with E-state index in [-0.39, 0.29) is 6.61 Å². The van der Waals surface area contributed by atoms with Crippen molar-refractivity contribution in [2.75, 3.05) is 6.54 Å². The Morgan fingerprint density at radius 3 is 2.85 bits per heavy atom. The third-order valence-corrected chi connectivity index (χ3v) is 2.72. The number of aryl methyl sites for hydroxylation is 1. The fourth-order valence-corrected chi connectivity index (χ4v) is 1.64. The summed E-state index contributed by atoms with van der Waals surface area (Å²) < 4.78 is 6.84. The van der Waals surface area contributed by atoms with E-state index in [0.717, 1.165) is 11.3 Å². The van der Waals surface area contributed by atoms with E-state index in [1.807, 2.05) is 55.6 Å². The van der Waals surface area contributed by atoms with Crippen LogP contribution in [0.5, 0.6) is 0 Å². The van der Waals surface area contributed by atoms with Crippen LogP contribution in [0.1, 0.15) is 11.3 Å². The second-order valence-electron chi connectivity index (χ2n) is 4.22. The second-order valence-corrected chi connectivity index (χ2v) is 4.22. The molecule has 0 saturated carbocycles. The zero-order chi connectivity index (χ0) is 14.2. The number of nitrogens with zero attached hydrogens (tertiary/aromatic N) is 2. The first-order valence-electron chi connectivity index (χ1n) is 6.35. The van der Waals surface area contributed by atoms with E-state index in [0.29, 0.717) is 6.54 Å². The molecule has 20 heavy (non-hydrogen) atoms. The van der Waals surface area contributed by atoms with Crippen LogP contribution in [-0.4, -0.2) is 22.4 Å². The van der Waals surface area contributed by atoms with Crippen molar-refractivity contribution in [3.05, 3.63) is 59.9 Å². The Balaban J connectivity index is 1.68. The van der Waals surface area contributed by atoms with Crippen LogP contribution in [0, 0.1) is 0 Å². The van der Waals surface area contributed by atoms with E-state index in [4.69, 9.17) is 4.74 Å². The molecule has 2 rings (SSSR count). The van der Waals surface area contributed by atoms with Crippen LogP contribution in [-0.2, 0) is 18.4 Å². The molecular weight excluding hydrogens is 254 g/mol. The molecule has 2 aromatic rings. The Hall–Kier alpha value is -2.56. The number of alkyl carbamates (subject to hydrolysis) is 1. The Morgan fingerprint density at radius 2 is 2.15 bits per heavy atom. The summed E-state index contributed by atoms with van der Waals surface area (Å²) in [5.74, 6) is 0. The van der Waals surface area contributed by atoms with Gasteiger partial charge in [0.15, 0.2) is 0 Å². The molecule has 104 valence electrons. The predicted octanol–water partition coefficient (Wildman–Crippen LogP) is 2.36. The van der Waals surface area contributed by atoms with E-state index < -0.39 is 6.09 Å². The SMILES string of the molecule is Cn1nccc1C=CCNC(=O)OCc1ccccc1. The average molecular weight is 271 g/mol. The van der Waals surface area contributed by atoms with Gasteiger partial charge in [-0.15, -0.1) is 0 Å². The molecular formula is C15H17N3O2. The van der Waals surface area contributed by atoms with Gasteiger partial charge in [0.05, 0.1) is 5.69 Å². The van der Waals surface area contributed by atoms with Gasteiger partial charge in [-0.2, -0.15) is 5.10 Å². The first-order chi connectivity index (χ1) is 9.75. The number of hydrogen-bond acceptors (Lipinski definition) is 3. The van der Waals surface area contributed by atoms with Gasteiger partial charge in [-0.1, -0.05) is 36.4 Å². The minimum Gasteiger partial charge on any atom is -0.445 e. The summed E-state index contributed by atoms with van der Waals surface area (Å²) in [6, 6.07) is 11.5. The molecule has 0 aliphatic rings.